The lowest BCUT2D eigenvalue weighted by Crippen LogP contribution is -2.67. The number of hydrogen-bond acceptors (Lipinski definition) is 11. The topological polar surface area (TPSA) is 152 Å². The lowest BCUT2D eigenvalue weighted by Gasteiger charge is -2.45. The lowest BCUT2D eigenvalue weighted by atomic mass is 9.84. The van der Waals surface area contributed by atoms with Crippen molar-refractivity contribution in [3.8, 4) is 0 Å². The first-order valence-electron chi connectivity index (χ1n) is 10.2. The third-order valence-corrected chi connectivity index (χ3v) is 5.25. The predicted molar refractivity (Wildman–Crippen MR) is 110 cm³/mol. The fraction of sp³-hybridized carbons (Fsp3) is 0.261. The Hall–Kier alpha value is -4.39. The fourth-order valence-corrected chi connectivity index (χ4v) is 3.62. The zero-order valence-corrected chi connectivity index (χ0v) is 18.1. The number of aliphatic hydroxyl groups is 1. The molecule has 0 aromatic heterocycles. The van der Waals surface area contributed by atoms with Gasteiger partial charge in [0.2, 0.25) is 0 Å². The number of rotatable bonds is 10. The van der Waals surface area contributed by atoms with Gasteiger partial charge in [0.15, 0.2) is 30.5 Å². The second-order valence-electron chi connectivity index (χ2n) is 7.33. The van der Waals surface area contributed by atoms with E-state index in [0.29, 0.717) is 0 Å². The van der Waals surface area contributed by atoms with Gasteiger partial charge in [-0.3, -0.25) is 14.4 Å². The van der Waals surface area contributed by atoms with Crippen molar-refractivity contribution < 1.29 is 61.5 Å². The molecule has 11 nitrogen and oxygen atoms in total. The Morgan fingerprint density at radius 2 is 0.944 bits per heavy atom. The normalized spacial score (nSPS) is 25.1. The van der Waals surface area contributed by atoms with Gasteiger partial charge in [-0.05, 0) is 48.5 Å². The summed E-state index contributed by atoms with van der Waals surface area (Å²) in [5.74, 6) is -3.51. The van der Waals surface area contributed by atoms with Crippen LogP contribution >= 0.6 is 0 Å². The number of carbonyl (C=O) groups excluding carboxylic acids is 5. The van der Waals surface area contributed by atoms with Crippen LogP contribution in [0.3, 0.4) is 0 Å². The molecule has 13 heteroatoms. The molecule has 1 N–H and O–H groups in total. The highest BCUT2D eigenvalue weighted by molar-refractivity contribution is 5.90. The highest BCUT2D eigenvalue weighted by Crippen LogP contribution is 2.32. The van der Waals surface area contributed by atoms with Crippen molar-refractivity contribution >= 4 is 31.4 Å². The van der Waals surface area contributed by atoms with Crippen molar-refractivity contribution in [1.82, 2.24) is 0 Å². The molecule has 1 saturated carbocycles. The lowest BCUT2D eigenvalue weighted by molar-refractivity contribution is -0.237. The van der Waals surface area contributed by atoms with E-state index in [1.54, 1.807) is 0 Å². The van der Waals surface area contributed by atoms with Crippen LogP contribution in [0, 0.1) is 11.6 Å². The summed E-state index contributed by atoms with van der Waals surface area (Å²) in [6.45, 7) is -0.309. The first-order valence-corrected chi connectivity index (χ1v) is 10.2. The fourth-order valence-electron chi connectivity index (χ4n) is 3.62. The minimum atomic E-state index is -1.94. The van der Waals surface area contributed by atoms with Gasteiger partial charge < -0.3 is 28.8 Å². The SMILES string of the molecule is O=COC1[C@H](OC(=O)c2ccc(F)cc2)[C@H](OC=O)C(O)[C@H](OC=O)[C@H]1OC(=O)c1ccc(F)cc1. The first kappa shape index (κ1) is 26.2. The smallest absolute Gasteiger partial charge is 0.338 e. The highest BCUT2D eigenvalue weighted by atomic mass is 19.1. The predicted octanol–water partition coefficient (Wildman–Crippen LogP) is 0.715. The summed E-state index contributed by atoms with van der Waals surface area (Å²) in [7, 11) is 0. The molecule has 1 aliphatic carbocycles. The molecular weight excluding hydrogens is 490 g/mol. The van der Waals surface area contributed by atoms with E-state index in [-0.39, 0.29) is 30.5 Å². The zero-order valence-electron chi connectivity index (χ0n) is 18.1. The molecule has 3 rings (SSSR count). The van der Waals surface area contributed by atoms with E-state index in [9.17, 15) is 37.9 Å². The van der Waals surface area contributed by atoms with Crippen LogP contribution in [-0.4, -0.2) is 73.1 Å². The monoisotopic (exact) mass is 508 g/mol. The average molecular weight is 508 g/mol. The second kappa shape index (κ2) is 11.8. The van der Waals surface area contributed by atoms with Gasteiger partial charge >= 0.3 is 11.9 Å². The summed E-state index contributed by atoms with van der Waals surface area (Å²) in [6, 6.07) is 8.16. The molecule has 2 unspecified atom stereocenters. The molecule has 1 fully saturated rings. The molecule has 0 heterocycles. The molecule has 0 bridgehead atoms. The van der Waals surface area contributed by atoms with Crippen LogP contribution in [0.15, 0.2) is 48.5 Å². The summed E-state index contributed by atoms with van der Waals surface area (Å²) in [5.41, 5.74) is -0.321. The molecule has 36 heavy (non-hydrogen) atoms. The molecule has 2 aromatic rings. The van der Waals surface area contributed by atoms with Gasteiger partial charge in [-0.1, -0.05) is 0 Å². The Labute approximate surface area is 201 Å². The van der Waals surface area contributed by atoms with Crippen molar-refractivity contribution in [2.75, 3.05) is 0 Å². The minimum absolute atomic E-state index is 0.101. The molecule has 190 valence electrons. The second-order valence-corrected chi connectivity index (χ2v) is 7.33. The van der Waals surface area contributed by atoms with Crippen LogP contribution in [0.4, 0.5) is 8.78 Å². The number of esters is 2. The van der Waals surface area contributed by atoms with Crippen molar-refractivity contribution in [3.05, 3.63) is 71.3 Å². The van der Waals surface area contributed by atoms with Gasteiger partial charge in [0.1, 0.15) is 17.7 Å². The van der Waals surface area contributed by atoms with E-state index in [2.05, 4.69) is 0 Å². The molecule has 0 radical (unpaired) electrons. The van der Waals surface area contributed by atoms with Crippen LogP contribution < -0.4 is 0 Å². The molecule has 6 atom stereocenters. The summed E-state index contributed by atoms with van der Waals surface area (Å²) in [6.07, 6.45) is -10.8. The molecular formula is C23H18F2O11. The van der Waals surface area contributed by atoms with E-state index in [1.807, 2.05) is 0 Å². The number of benzene rings is 2. The van der Waals surface area contributed by atoms with Crippen LogP contribution in [-0.2, 0) is 38.1 Å². The van der Waals surface area contributed by atoms with Gasteiger partial charge in [-0.2, -0.15) is 0 Å². The Morgan fingerprint density at radius 3 is 1.28 bits per heavy atom. The third-order valence-electron chi connectivity index (χ3n) is 5.25. The van der Waals surface area contributed by atoms with E-state index in [4.69, 9.17) is 23.7 Å². The number of carbonyl (C=O) groups is 5. The minimum Gasteiger partial charge on any atom is -0.458 e. The summed E-state index contributed by atoms with van der Waals surface area (Å²) in [5, 5.41) is 10.8. The number of hydrogen-bond donors (Lipinski definition) is 1. The number of aliphatic hydroxyl groups excluding tert-OH is 1. The molecule has 0 amide bonds. The van der Waals surface area contributed by atoms with Gasteiger partial charge in [0.05, 0.1) is 11.1 Å². The van der Waals surface area contributed by atoms with Gasteiger partial charge in [-0.15, -0.1) is 0 Å². The largest absolute Gasteiger partial charge is 0.458 e. The first-order chi connectivity index (χ1) is 17.3. The molecule has 2 aromatic carbocycles. The number of halogens is 2. The molecule has 0 spiro atoms. The van der Waals surface area contributed by atoms with Crippen molar-refractivity contribution in [2.45, 2.75) is 36.6 Å². The zero-order chi connectivity index (χ0) is 26.2. The Morgan fingerprint density at radius 1 is 0.611 bits per heavy atom. The van der Waals surface area contributed by atoms with E-state index >= 15 is 0 Å². The van der Waals surface area contributed by atoms with Crippen molar-refractivity contribution in [3.63, 3.8) is 0 Å². The van der Waals surface area contributed by atoms with Gasteiger partial charge in [0, 0.05) is 0 Å². The van der Waals surface area contributed by atoms with Crippen LogP contribution in [0.1, 0.15) is 20.7 Å². The highest BCUT2D eigenvalue weighted by Gasteiger charge is 2.58. The third kappa shape index (κ3) is 5.81. The van der Waals surface area contributed by atoms with Crippen LogP contribution in [0.2, 0.25) is 0 Å². The number of ether oxygens (including phenoxy) is 5. The summed E-state index contributed by atoms with van der Waals surface area (Å²) >= 11 is 0. The van der Waals surface area contributed by atoms with Crippen molar-refractivity contribution in [2.24, 2.45) is 0 Å². The van der Waals surface area contributed by atoms with Gasteiger partial charge in [-0.25, -0.2) is 18.4 Å². The molecule has 1 aliphatic rings. The average Bonchev–Trinajstić information content (AvgIpc) is 2.86. The summed E-state index contributed by atoms with van der Waals surface area (Å²) < 4.78 is 51.7. The Bertz CT molecular complexity index is 1010. The van der Waals surface area contributed by atoms with Crippen molar-refractivity contribution in [1.29, 1.82) is 0 Å². The maximum absolute atomic E-state index is 13.2. The summed E-state index contributed by atoms with van der Waals surface area (Å²) in [4.78, 5) is 58.9. The van der Waals surface area contributed by atoms with E-state index < -0.39 is 60.2 Å². The molecule has 0 aliphatic heterocycles. The van der Waals surface area contributed by atoms with Gasteiger partial charge in [0.25, 0.3) is 19.4 Å². The van der Waals surface area contributed by atoms with E-state index in [0.717, 1.165) is 48.5 Å². The Kier molecular flexibility index (Phi) is 8.62. The Balaban J connectivity index is 1.98. The van der Waals surface area contributed by atoms with Crippen LogP contribution in [0.5, 0.6) is 0 Å². The standard InChI is InChI=1S/C23H18F2O11/c24-14-5-1-12(2-6-14)22(30)35-20-17(32-9-26)16(29)18(33-10-27)21(19(20)34-11-28)36-23(31)13-3-7-15(25)8-4-13/h1-11,16-21,29H/t16?,17-,18+,19?,20-,21-/m1/s1. The maximum atomic E-state index is 13.2. The maximum Gasteiger partial charge on any atom is 0.338 e. The molecule has 0 saturated heterocycles. The van der Waals surface area contributed by atoms with E-state index in [1.165, 1.54) is 0 Å². The van der Waals surface area contributed by atoms with Crippen LogP contribution in [0.25, 0.3) is 0 Å². The quantitative estimate of drug-likeness (QED) is 0.274.